The number of nitrogens with zero attached hydrogens (tertiary/aromatic N) is 1. The molecular weight excluding hydrogens is 224 g/mol. The average Bonchev–Trinajstić information content (AvgIpc) is 3.14. The molecular formula is C15H26N2O. The van der Waals surface area contributed by atoms with Crippen LogP contribution in [0.5, 0.6) is 0 Å². The largest absolute Gasteiger partial charge is 0.341 e. The minimum absolute atomic E-state index is 0.101. The highest BCUT2D eigenvalue weighted by atomic mass is 16.2. The van der Waals surface area contributed by atoms with Crippen molar-refractivity contribution < 1.29 is 4.79 Å². The summed E-state index contributed by atoms with van der Waals surface area (Å²) in [5.74, 6) is 1.86. The summed E-state index contributed by atoms with van der Waals surface area (Å²) in [6.45, 7) is 2.21. The van der Waals surface area contributed by atoms with Crippen molar-refractivity contribution in [3.05, 3.63) is 0 Å². The molecule has 102 valence electrons. The minimum Gasteiger partial charge on any atom is -0.341 e. The van der Waals surface area contributed by atoms with E-state index in [-0.39, 0.29) is 6.04 Å². The molecule has 0 spiro atoms. The Morgan fingerprint density at radius 3 is 2.61 bits per heavy atom. The van der Waals surface area contributed by atoms with Gasteiger partial charge < -0.3 is 10.2 Å². The van der Waals surface area contributed by atoms with Gasteiger partial charge in [-0.15, -0.1) is 0 Å². The van der Waals surface area contributed by atoms with Crippen LogP contribution in [-0.4, -0.2) is 36.0 Å². The Labute approximate surface area is 110 Å². The standard InChI is InChI=1S/C15H26N2O/c1-10(11-7-8-11)17(2)15(18)14-9-12-5-3-4-6-13(12)16-14/h10-14,16H,3-9H2,1-2H3. The first-order valence-electron chi connectivity index (χ1n) is 7.69. The first kappa shape index (κ1) is 12.5. The van der Waals surface area contributed by atoms with E-state index in [1.54, 1.807) is 0 Å². The molecule has 3 heteroatoms. The van der Waals surface area contributed by atoms with Crippen LogP contribution in [0.15, 0.2) is 0 Å². The van der Waals surface area contributed by atoms with E-state index >= 15 is 0 Å². The minimum atomic E-state index is 0.101. The summed E-state index contributed by atoms with van der Waals surface area (Å²) in [7, 11) is 2.00. The van der Waals surface area contributed by atoms with Crippen LogP contribution in [-0.2, 0) is 4.79 Å². The van der Waals surface area contributed by atoms with E-state index in [4.69, 9.17) is 0 Å². The topological polar surface area (TPSA) is 32.3 Å². The third-order valence-electron chi connectivity index (χ3n) is 5.42. The van der Waals surface area contributed by atoms with Crippen molar-refractivity contribution >= 4 is 5.91 Å². The highest BCUT2D eigenvalue weighted by Gasteiger charge is 2.41. The average molecular weight is 250 g/mol. The molecule has 0 aromatic carbocycles. The summed E-state index contributed by atoms with van der Waals surface area (Å²) in [6.07, 6.45) is 8.98. The van der Waals surface area contributed by atoms with Gasteiger partial charge in [-0.1, -0.05) is 12.8 Å². The van der Waals surface area contributed by atoms with Gasteiger partial charge in [0.1, 0.15) is 0 Å². The van der Waals surface area contributed by atoms with Crippen molar-refractivity contribution in [3.63, 3.8) is 0 Å². The van der Waals surface area contributed by atoms with Gasteiger partial charge in [-0.05, 0) is 50.9 Å². The Bertz CT molecular complexity index is 312. The molecule has 0 bridgehead atoms. The quantitative estimate of drug-likeness (QED) is 0.832. The molecule has 1 heterocycles. The molecule has 0 aromatic heterocycles. The van der Waals surface area contributed by atoms with Crippen molar-refractivity contribution in [2.45, 2.75) is 70.0 Å². The summed E-state index contributed by atoms with van der Waals surface area (Å²) in [5.41, 5.74) is 0. The molecule has 4 atom stereocenters. The second kappa shape index (κ2) is 4.84. The van der Waals surface area contributed by atoms with Crippen LogP contribution in [0.25, 0.3) is 0 Å². The van der Waals surface area contributed by atoms with Crippen molar-refractivity contribution in [1.29, 1.82) is 0 Å². The zero-order valence-electron chi connectivity index (χ0n) is 11.7. The summed E-state index contributed by atoms with van der Waals surface area (Å²) in [5, 5.41) is 3.60. The van der Waals surface area contributed by atoms with E-state index in [0.29, 0.717) is 18.0 Å². The predicted octanol–water partition coefficient (Wildman–Crippen LogP) is 2.16. The number of amides is 1. The van der Waals surface area contributed by atoms with E-state index in [9.17, 15) is 4.79 Å². The molecule has 3 aliphatic rings. The molecule has 3 fully saturated rings. The third-order valence-corrected chi connectivity index (χ3v) is 5.42. The normalized spacial score (nSPS) is 37.1. The van der Waals surface area contributed by atoms with Crippen LogP contribution < -0.4 is 5.32 Å². The van der Waals surface area contributed by atoms with Crippen LogP contribution >= 0.6 is 0 Å². The molecule has 1 amide bonds. The number of fused-ring (bicyclic) bond motifs is 1. The molecule has 4 unspecified atom stereocenters. The van der Waals surface area contributed by atoms with Gasteiger partial charge in [-0.25, -0.2) is 0 Å². The number of hydrogen-bond donors (Lipinski definition) is 1. The maximum atomic E-state index is 12.5. The zero-order valence-corrected chi connectivity index (χ0v) is 11.7. The van der Waals surface area contributed by atoms with Crippen LogP contribution in [0, 0.1) is 11.8 Å². The Hall–Kier alpha value is -0.570. The van der Waals surface area contributed by atoms with Crippen LogP contribution in [0.2, 0.25) is 0 Å². The number of nitrogens with one attached hydrogen (secondary N) is 1. The maximum Gasteiger partial charge on any atom is 0.239 e. The van der Waals surface area contributed by atoms with Gasteiger partial charge in [-0.2, -0.15) is 0 Å². The van der Waals surface area contributed by atoms with Gasteiger partial charge in [0.05, 0.1) is 6.04 Å². The number of carbonyl (C=O) groups is 1. The first-order valence-corrected chi connectivity index (χ1v) is 7.69. The van der Waals surface area contributed by atoms with Gasteiger partial charge in [0.2, 0.25) is 5.91 Å². The molecule has 3 nitrogen and oxygen atoms in total. The molecule has 1 N–H and O–H groups in total. The maximum absolute atomic E-state index is 12.5. The van der Waals surface area contributed by atoms with Gasteiger partial charge >= 0.3 is 0 Å². The number of likely N-dealkylation sites (N-methyl/N-ethyl adjacent to an activating group) is 1. The molecule has 2 aliphatic carbocycles. The smallest absolute Gasteiger partial charge is 0.239 e. The fourth-order valence-corrected chi connectivity index (χ4v) is 3.85. The zero-order chi connectivity index (χ0) is 12.7. The lowest BCUT2D eigenvalue weighted by Crippen LogP contribution is -2.47. The van der Waals surface area contributed by atoms with Gasteiger partial charge in [0.15, 0.2) is 0 Å². The summed E-state index contributed by atoms with van der Waals surface area (Å²) < 4.78 is 0. The van der Waals surface area contributed by atoms with E-state index in [0.717, 1.165) is 18.3 Å². The Balaban J connectivity index is 1.59. The Kier molecular flexibility index (Phi) is 3.35. The highest BCUT2D eigenvalue weighted by molar-refractivity contribution is 5.82. The predicted molar refractivity (Wildman–Crippen MR) is 72.2 cm³/mol. The summed E-state index contributed by atoms with van der Waals surface area (Å²) in [6, 6.07) is 1.16. The first-order chi connectivity index (χ1) is 8.66. The molecule has 0 aromatic rings. The summed E-state index contributed by atoms with van der Waals surface area (Å²) in [4.78, 5) is 14.5. The van der Waals surface area contributed by atoms with Crippen molar-refractivity contribution in [2.24, 2.45) is 11.8 Å². The molecule has 3 rings (SSSR count). The molecule has 1 saturated heterocycles. The number of carbonyl (C=O) groups excluding carboxylic acids is 1. The van der Waals surface area contributed by atoms with Gasteiger partial charge in [-0.3, -0.25) is 4.79 Å². The highest BCUT2D eigenvalue weighted by Crippen LogP contribution is 2.36. The fraction of sp³-hybridized carbons (Fsp3) is 0.933. The molecule has 2 saturated carbocycles. The lowest BCUT2D eigenvalue weighted by molar-refractivity contribution is -0.134. The second-order valence-corrected chi connectivity index (χ2v) is 6.63. The summed E-state index contributed by atoms with van der Waals surface area (Å²) >= 11 is 0. The van der Waals surface area contributed by atoms with E-state index < -0.39 is 0 Å². The van der Waals surface area contributed by atoms with E-state index in [1.165, 1.54) is 38.5 Å². The Morgan fingerprint density at radius 2 is 1.94 bits per heavy atom. The van der Waals surface area contributed by atoms with Crippen LogP contribution in [0.3, 0.4) is 0 Å². The van der Waals surface area contributed by atoms with Crippen molar-refractivity contribution in [1.82, 2.24) is 10.2 Å². The van der Waals surface area contributed by atoms with Crippen molar-refractivity contribution in [2.75, 3.05) is 7.05 Å². The van der Waals surface area contributed by atoms with Gasteiger partial charge in [0.25, 0.3) is 0 Å². The Morgan fingerprint density at radius 1 is 1.22 bits per heavy atom. The van der Waals surface area contributed by atoms with Crippen LogP contribution in [0.4, 0.5) is 0 Å². The lowest BCUT2D eigenvalue weighted by atomic mass is 9.85. The van der Waals surface area contributed by atoms with Crippen LogP contribution in [0.1, 0.15) is 51.9 Å². The van der Waals surface area contributed by atoms with E-state index in [2.05, 4.69) is 12.2 Å². The SMILES string of the molecule is CC(C1CC1)N(C)C(=O)C1CC2CCCCC2N1. The third kappa shape index (κ3) is 2.29. The number of rotatable bonds is 3. The second-order valence-electron chi connectivity index (χ2n) is 6.63. The molecule has 18 heavy (non-hydrogen) atoms. The lowest BCUT2D eigenvalue weighted by Gasteiger charge is -2.28. The van der Waals surface area contributed by atoms with Gasteiger partial charge in [0, 0.05) is 19.1 Å². The molecule has 1 aliphatic heterocycles. The fourth-order valence-electron chi connectivity index (χ4n) is 3.85. The van der Waals surface area contributed by atoms with E-state index in [1.807, 2.05) is 11.9 Å². The van der Waals surface area contributed by atoms with Crippen molar-refractivity contribution in [3.8, 4) is 0 Å². The molecule has 0 radical (unpaired) electrons. The number of hydrogen-bond acceptors (Lipinski definition) is 2. The monoisotopic (exact) mass is 250 g/mol.